The van der Waals surface area contributed by atoms with Crippen LogP contribution in [0.5, 0.6) is 5.75 Å². The van der Waals surface area contributed by atoms with Crippen LogP contribution in [0.25, 0.3) is 0 Å². The summed E-state index contributed by atoms with van der Waals surface area (Å²) in [5.74, 6) is 0.322. The molecule has 0 spiro atoms. The minimum absolute atomic E-state index is 0. The van der Waals surface area contributed by atoms with Crippen LogP contribution in [0.2, 0.25) is 0 Å². The number of hydrogen-bond donors (Lipinski definition) is 1. The zero-order valence-electron chi connectivity index (χ0n) is 9.05. The van der Waals surface area contributed by atoms with Crippen LogP contribution < -0.4 is 68.9 Å². The van der Waals surface area contributed by atoms with E-state index in [1.807, 2.05) is 24.3 Å². The molecule has 0 aromatic heterocycles. The first kappa shape index (κ1) is 19.3. The second-order valence-corrected chi connectivity index (χ2v) is 3.88. The molecule has 2 aromatic rings. The Morgan fingerprint density at radius 3 is 1.31 bits per heavy atom. The van der Waals surface area contributed by atoms with Gasteiger partial charge in [-0.25, -0.2) is 0 Å². The summed E-state index contributed by atoms with van der Waals surface area (Å²) in [4.78, 5) is 0. The quantitative estimate of drug-likeness (QED) is 0.598. The van der Waals surface area contributed by atoms with E-state index in [0.29, 0.717) is 5.75 Å². The molecule has 0 aliphatic carbocycles. The summed E-state index contributed by atoms with van der Waals surface area (Å²) in [6.07, 6.45) is 0. The van der Waals surface area contributed by atoms with E-state index in [4.69, 9.17) is 5.11 Å². The van der Waals surface area contributed by atoms with Crippen molar-refractivity contribution < 1.29 is 79.5 Å². The fourth-order valence-electron chi connectivity index (χ4n) is 0.843. The largest absolute Gasteiger partial charge is 1.00 e. The molecule has 0 unspecified atom stereocenters. The Labute approximate surface area is 168 Å². The fourth-order valence-corrected chi connectivity index (χ4v) is 1.26. The second-order valence-electron chi connectivity index (χ2n) is 2.63. The second kappa shape index (κ2) is 12.4. The van der Waals surface area contributed by atoms with E-state index >= 15 is 0 Å². The topological polar surface area (TPSA) is 50.2 Å². The Hall–Kier alpha value is 0.982. The number of para-hydroxylation sites is 1. The van der Waals surface area contributed by atoms with E-state index in [0.717, 1.165) is 0 Å². The first-order chi connectivity index (χ1) is 6.79. The van der Waals surface area contributed by atoms with Crippen LogP contribution in [0.3, 0.4) is 0 Å². The molecule has 0 saturated heterocycles. The molecule has 2 rings (SSSR count). The third kappa shape index (κ3) is 10.2. The molecule has 0 fully saturated rings. The van der Waals surface area contributed by atoms with Gasteiger partial charge in [-0.2, -0.15) is 0 Å². The minimum Gasteiger partial charge on any atom is -0.870 e. The summed E-state index contributed by atoms with van der Waals surface area (Å²) in [6, 6.07) is 18.9. The molecule has 0 saturated carbocycles. The molecule has 4 heteroatoms. The van der Waals surface area contributed by atoms with Crippen molar-refractivity contribution in [3.63, 3.8) is 0 Å². The Bertz CT molecular complexity index is 316. The van der Waals surface area contributed by atoms with Gasteiger partial charge in [-0.15, -0.1) is 0 Å². The molecule has 0 heterocycles. The number of halogens is 1. The van der Waals surface area contributed by atoms with Gasteiger partial charge < -0.3 is 10.6 Å². The van der Waals surface area contributed by atoms with Crippen molar-refractivity contribution in [2.45, 2.75) is 0 Å². The van der Waals surface area contributed by atoms with Crippen LogP contribution in [0, 0.1) is 3.57 Å². The van der Waals surface area contributed by atoms with E-state index in [9.17, 15) is 0 Å². The summed E-state index contributed by atoms with van der Waals surface area (Å²) in [5, 5.41) is 8.63. The van der Waals surface area contributed by atoms with Crippen LogP contribution >= 0.6 is 22.6 Å². The predicted octanol–water partition coefficient (Wildman–Crippen LogP) is 0.511. The van der Waals surface area contributed by atoms with Gasteiger partial charge in [0.15, 0.2) is 0 Å². The van der Waals surface area contributed by atoms with Crippen molar-refractivity contribution in [1.29, 1.82) is 0 Å². The Kier molecular flexibility index (Phi) is 15.0. The molecular weight excluding hydrogens is 436 g/mol. The van der Waals surface area contributed by atoms with Gasteiger partial charge in [-0.1, -0.05) is 36.4 Å². The maximum atomic E-state index is 8.63. The number of hydrogen-bond acceptors (Lipinski definition) is 2. The maximum Gasteiger partial charge on any atom is 1.00 e. The molecule has 2 N–H and O–H groups in total. The summed E-state index contributed by atoms with van der Waals surface area (Å²) >= 11 is 2.28. The molecule has 0 aliphatic heterocycles. The molecule has 0 aliphatic rings. The third-order valence-electron chi connectivity index (χ3n) is 1.49. The van der Waals surface area contributed by atoms with Crippen molar-refractivity contribution in [1.82, 2.24) is 0 Å². The summed E-state index contributed by atoms with van der Waals surface area (Å²) in [6.45, 7) is 0. The van der Waals surface area contributed by atoms with Gasteiger partial charge in [0.2, 0.25) is 0 Å². The van der Waals surface area contributed by atoms with Crippen molar-refractivity contribution in [2.24, 2.45) is 0 Å². The molecule has 0 bridgehead atoms. The molecule has 0 radical (unpaired) electrons. The number of rotatable bonds is 0. The molecule has 0 atom stereocenters. The van der Waals surface area contributed by atoms with Crippen LogP contribution in [-0.4, -0.2) is 10.6 Å². The molecule has 2 nitrogen and oxygen atoms in total. The van der Waals surface area contributed by atoms with Gasteiger partial charge in [0.25, 0.3) is 0 Å². The first-order valence-corrected chi connectivity index (χ1v) is 5.31. The number of phenolic OH excluding ortho intramolecular Hbond substituents is 1. The number of phenols is 1. The van der Waals surface area contributed by atoms with E-state index in [1.54, 1.807) is 24.3 Å². The average Bonchev–Trinajstić information content (AvgIpc) is 2.21. The van der Waals surface area contributed by atoms with Gasteiger partial charge in [-0.3, -0.25) is 0 Å². The minimum atomic E-state index is 0. The molecule has 80 valence electrons. The molecular formula is C12H12CsIO2. The monoisotopic (exact) mass is 448 g/mol. The van der Waals surface area contributed by atoms with Crippen LogP contribution in [0.15, 0.2) is 60.7 Å². The summed E-state index contributed by atoms with van der Waals surface area (Å²) < 4.78 is 1.29. The first-order valence-electron chi connectivity index (χ1n) is 4.23. The normalized spacial score (nSPS) is 7.56. The fraction of sp³-hybridized carbons (Fsp3) is 0. The number of benzene rings is 2. The summed E-state index contributed by atoms with van der Waals surface area (Å²) in [5.41, 5.74) is 0. The zero-order chi connectivity index (χ0) is 10.2. The Morgan fingerprint density at radius 1 is 0.750 bits per heavy atom. The SMILES string of the molecule is Ic1ccccc1.Oc1ccccc1.[Cs+].[OH-]. The van der Waals surface area contributed by atoms with Gasteiger partial charge in [0.1, 0.15) is 5.75 Å². The van der Waals surface area contributed by atoms with Gasteiger partial charge in [-0.05, 0) is 46.9 Å². The zero-order valence-corrected chi connectivity index (χ0v) is 17.5. The van der Waals surface area contributed by atoms with E-state index in [2.05, 4.69) is 34.7 Å². The van der Waals surface area contributed by atoms with Gasteiger partial charge >= 0.3 is 68.9 Å². The summed E-state index contributed by atoms with van der Waals surface area (Å²) in [7, 11) is 0. The smallest absolute Gasteiger partial charge is 0.870 e. The molecule has 2 aromatic carbocycles. The molecule has 0 amide bonds. The Morgan fingerprint density at radius 2 is 1.12 bits per heavy atom. The van der Waals surface area contributed by atoms with E-state index < -0.39 is 0 Å². The van der Waals surface area contributed by atoms with Crippen LogP contribution in [-0.2, 0) is 0 Å². The van der Waals surface area contributed by atoms with Crippen molar-refractivity contribution in [3.05, 3.63) is 64.2 Å². The van der Waals surface area contributed by atoms with Crippen molar-refractivity contribution in [3.8, 4) is 5.75 Å². The van der Waals surface area contributed by atoms with Crippen molar-refractivity contribution >= 4 is 22.6 Å². The van der Waals surface area contributed by atoms with E-state index in [-0.39, 0.29) is 74.4 Å². The van der Waals surface area contributed by atoms with E-state index in [1.165, 1.54) is 3.57 Å². The van der Waals surface area contributed by atoms with Crippen LogP contribution in [0.4, 0.5) is 0 Å². The third-order valence-corrected chi connectivity index (χ3v) is 2.21. The predicted molar refractivity (Wildman–Crippen MR) is 69.2 cm³/mol. The van der Waals surface area contributed by atoms with Gasteiger partial charge in [0.05, 0.1) is 0 Å². The standard InChI is InChI=1S/C6H5I.C6H6O.Cs.H2O/c2*7-6-4-2-1-3-5-6;;/h1-5H;1-5,7H;;1H2/q;;+1;/p-1. The number of aromatic hydroxyl groups is 1. The Balaban J connectivity index is 0. The van der Waals surface area contributed by atoms with Gasteiger partial charge in [0, 0.05) is 3.57 Å². The van der Waals surface area contributed by atoms with Crippen LogP contribution in [0.1, 0.15) is 0 Å². The van der Waals surface area contributed by atoms with Crippen molar-refractivity contribution in [2.75, 3.05) is 0 Å². The molecule has 16 heavy (non-hydrogen) atoms. The maximum absolute atomic E-state index is 8.63. The average molecular weight is 448 g/mol.